The number of rotatable bonds is 4. The van der Waals surface area contributed by atoms with E-state index in [1.54, 1.807) is 12.1 Å². The van der Waals surface area contributed by atoms with Crippen LogP contribution in [0.1, 0.15) is 28.8 Å². The van der Waals surface area contributed by atoms with Crippen LogP contribution in [-0.2, 0) is 11.3 Å². The number of aliphatic hydroxyl groups excluding tert-OH is 1. The number of esters is 1. The minimum Gasteiger partial charge on any atom is -0.465 e. The third kappa shape index (κ3) is 3.05. The summed E-state index contributed by atoms with van der Waals surface area (Å²) >= 11 is 0. The number of hydrogen-bond acceptors (Lipinski definition) is 4. The average Bonchev–Trinajstić information content (AvgIpc) is 2.33. The number of ether oxygens (including phenoxy) is 1. The summed E-state index contributed by atoms with van der Waals surface area (Å²) in [4.78, 5) is 11.2. The summed E-state index contributed by atoms with van der Waals surface area (Å²) in [6.07, 6.45) is 1.54. The third-order valence-corrected chi connectivity index (χ3v) is 3.08. The topological polar surface area (TPSA) is 58.6 Å². The molecule has 0 spiro atoms. The molecule has 0 heterocycles. The second kappa shape index (κ2) is 5.29. The molecule has 0 amide bonds. The van der Waals surface area contributed by atoms with Gasteiger partial charge in [0, 0.05) is 12.6 Å². The molecule has 1 saturated carbocycles. The zero-order chi connectivity index (χ0) is 12.3. The fourth-order valence-electron chi connectivity index (χ4n) is 1.89. The highest BCUT2D eigenvalue weighted by Gasteiger charge is 2.26. The molecule has 0 aliphatic heterocycles. The summed E-state index contributed by atoms with van der Waals surface area (Å²) in [5, 5.41) is 12.5. The summed E-state index contributed by atoms with van der Waals surface area (Å²) in [6, 6.07) is 7.77. The molecule has 1 aliphatic rings. The van der Waals surface area contributed by atoms with Crippen LogP contribution in [0, 0.1) is 0 Å². The van der Waals surface area contributed by atoms with E-state index in [1.807, 2.05) is 12.1 Å². The Morgan fingerprint density at radius 1 is 1.41 bits per heavy atom. The van der Waals surface area contributed by atoms with Crippen molar-refractivity contribution in [3.8, 4) is 0 Å². The molecule has 0 radical (unpaired) electrons. The maximum atomic E-state index is 11.2. The van der Waals surface area contributed by atoms with E-state index in [9.17, 15) is 4.79 Å². The Hall–Kier alpha value is -1.39. The Morgan fingerprint density at radius 3 is 2.59 bits per heavy atom. The minimum absolute atomic E-state index is 0.130. The van der Waals surface area contributed by atoms with E-state index in [0.717, 1.165) is 24.9 Å². The zero-order valence-corrected chi connectivity index (χ0v) is 9.85. The first kappa shape index (κ1) is 12.1. The second-order valence-corrected chi connectivity index (χ2v) is 4.39. The van der Waals surface area contributed by atoms with Crippen molar-refractivity contribution in [1.29, 1.82) is 0 Å². The monoisotopic (exact) mass is 235 g/mol. The van der Waals surface area contributed by atoms with E-state index in [2.05, 4.69) is 10.1 Å². The molecule has 92 valence electrons. The Labute approximate surface area is 101 Å². The SMILES string of the molecule is COC(=O)c1ccc(CNC2CC(O)C2)cc1. The highest BCUT2D eigenvalue weighted by molar-refractivity contribution is 5.89. The summed E-state index contributed by atoms with van der Waals surface area (Å²) in [7, 11) is 1.37. The highest BCUT2D eigenvalue weighted by Crippen LogP contribution is 2.19. The third-order valence-electron chi connectivity index (χ3n) is 3.08. The molecule has 4 heteroatoms. The predicted molar refractivity (Wildman–Crippen MR) is 63.7 cm³/mol. The smallest absolute Gasteiger partial charge is 0.337 e. The van der Waals surface area contributed by atoms with Crippen LogP contribution in [0.25, 0.3) is 0 Å². The first-order chi connectivity index (χ1) is 8.19. The number of benzene rings is 1. The number of aliphatic hydroxyl groups is 1. The molecular formula is C13H17NO3. The van der Waals surface area contributed by atoms with Crippen molar-refractivity contribution < 1.29 is 14.6 Å². The van der Waals surface area contributed by atoms with Crippen LogP contribution in [0.3, 0.4) is 0 Å². The van der Waals surface area contributed by atoms with Gasteiger partial charge in [-0.25, -0.2) is 4.79 Å². The Kier molecular flexibility index (Phi) is 3.76. The van der Waals surface area contributed by atoms with Crippen molar-refractivity contribution >= 4 is 5.97 Å². The fourth-order valence-corrected chi connectivity index (χ4v) is 1.89. The molecule has 0 bridgehead atoms. The van der Waals surface area contributed by atoms with Gasteiger partial charge in [-0.05, 0) is 30.5 Å². The molecule has 0 aromatic heterocycles. The average molecular weight is 235 g/mol. The van der Waals surface area contributed by atoms with Crippen molar-refractivity contribution in [2.24, 2.45) is 0 Å². The maximum absolute atomic E-state index is 11.2. The standard InChI is InChI=1S/C13H17NO3/c1-17-13(16)10-4-2-9(3-5-10)8-14-11-6-12(15)7-11/h2-5,11-12,14-15H,6-8H2,1H3. The molecule has 0 unspecified atom stereocenters. The molecular weight excluding hydrogens is 218 g/mol. The second-order valence-electron chi connectivity index (χ2n) is 4.39. The van der Waals surface area contributed by atoms with Crippen molar-refractivity contribution in [2.45, 2.75) is 31.5 Å². The van der Waals surface area contributed by atoms with E-state index in [4.69, 9.17) is 5.11 Å². The van der Waals surface area contributed by atoms with E-state index in [1.165, 1.54) is 7.11 Å². The van der Waals surface area contributed by atoms with Crippen molar-refractivity contribution in [1.82, 2.24) is 5.32 Å². The van der Waals surface area contributed by atoms with Gasteiger partial charge >= 0.3 is 5.97 Å². The van der Waals surface area contributed by atoms with Gasteiger partial charge in [-0.3, -0.25) is 0 Å². The lowest BCUT2D eigenvalue weighted by Gasteiger charge is -2.32. The van der Waals surface area contributed by atoms with Crippen LogP contribution in [0.2, 0.25) is 0 Å². The fraction of sp³-hybridized carbons (Fsp3) is 0.462. The van der Waals surface area contributed by atoms with Crippen molar-refractivity contribution in [3.63, 3.8) is 0 Å². The van der Waals surface area contributed by atoms with Gasteiger partial charge in [-0.1, -0.05) is 12.1 Å². The van der Waals surface area contributed by atoms with Gasteiger partial charge in [0.05, 0.1) is 18.8 Å². The lowest BCUT2D eigenvalue weighted by atomic mass is 9.89. The number of nitrogens with one attached hydrogen (secondary N) is 1. The van der Waals surface area contributed by atoms with Gasteiger partial charge in [0.15, 0.2) is 0 Å². The number of hydrogen-bond donors (Lipinski definition) is 2. The highest BCUT2D eigenvalue weighted by atomic mass is 16.5. The van der Waals surface area contributed by atoms with Crippen LogP contribution in [0.15, 0.2) is 24.3 Å². The van der Waals surface area contributed by atoms with Gasteiger partial charge in [0.2, 0.25) is 0 Å². The number of carbonyl (C=O) groups is 1. The molecule has 1 aromatic carbocycles. The maximum Gasteiger partial charge on any atom is 0.337 e. The van der Waals surface area contributed by atoms with Crippen LogP contribution in [-0.4, -0.2) is 30.3 Å². The van der Waals surface area contributed by atoms with Crippen LogP contribution < -0.4 is 5.32 Å². The van der Waals surface area contributed by atoms with Gasteiger partial charge in [0.25, 0.3) is 0 Å². The van der Waals surface area contributed by atoms with Crippen LogP contribution >= 0.6 is 0 Å². The molecule has 0 saturated heterocycles. The Morgan fingerprint density at radius 2 is 2.06 bits per heavy atom. The van der Waals surface area contributed by atoms with E-state index in [-0.39, 0.29) is 12.1 Å². The minimum atomic E-state index is -0.313. The first-order valence-electron chi connectivity index (χ1n) is 5.77. The number of carbonyl (C=O) groups excluding carboxylic acids is 1. The Balaban J connectivity index is 1.83. The molecule has 17 heavy (non-hydrogen) atoms. The van der Waals surface area contributed by atoms with Crippen LogP contribution in [0.5, 0.6) is 0 Å². The summed E-state index contributed by atoms with van der Waals surface area (Å²) in [6.45, 7) is 0.763. The number of methoxy groups -OCH3 is 1. The normalized spacial score (nSPS) is 22.9. The quantitative estimate of drug-likeness (QED) is 0.767. The molecule has 1 aliphatic carbocycles. The predicted octanol–water partition coefficient (Wildman–Crippen LogP) is 1.09. The summed E-state index contributed by atoms with van der Waals surface area (Å²) in [5.41, 5.74) is 1.69. The molecule has 0 atom stereocenters. The van der Waals surface area contributed by atoms with E-state index >= 15 is 0 Å². The molecule has 1 fully saturated rings. The largest absolute Gasteiger partial charge is 0.465 e. The van der Waals surface area contributed by atoms with E-state index in [0.29, 0.717) is 11.6 Å². The van der Waals surface area contributed by atoms with Crippen molar-refractivity contribution in [3.05, 3.63) is 35.4 Å². The molecule has 2 rings (SSSR count). The van der Waals surface area contributed by atoms with Crippen LogP contribution in [0.4, 0.5) is 0 Å². The lowest BCUT2D eigenvalue weighted by molar-refractivity contribution is 0.0598. The lowest BCUT2D eigenvalue weighted by Crippen LogP contribution is -2.43. The summed E-state index contributed by atoms with van der Waals surface area (Å²) in [5.74, 6) is -0.313. The molecule has 4 nitrogen and oxygen atoms in total. The van der Waals surface area contributed by atoms with Gasteiger partial charge < -0.3 is 15.2 Å². The first-order valence-corrected chi connectivity index (χ1v) is 5.77. The Bertz CT molecular complexity index is 382. The van der Waals surface area contributed by atoms with Crippen molar-refractivity contribution in [2.75, 3.05) is 7.11 Å². The summed E-state index contributed by atoms with van der Waals surface area (Å²) < 4.78 is 4.63. The van der Waals surface area contributed by atoms with Gasteiger partial charge in [-0.2, -0.15) is 0 Å². The molecule has 1 aromatic rings. The van der Waals surface area contributed by atoms with Gasteiger partial charge in [-0.15, -0.1) is 0 Å². The molecule has 2 N–H and O–H groups in total. The van der Waals surface area contributed by atoms with Gasteiger partial charge in [0.1, 0.15) is 0 Å². The van der Waals surface area contributed by atoms with E-state index < -0.39 is 0 Å². The zero-order valence-electron chi connectivity index (χ0n) is 9.85.